The smallest absolute Gasteiger partial charge is 0.139 e. The van der Waals surface area contributed by atoms with Gasteiger partial charge in [0.1, 0.15) is 5.78 Å². The highest BCUT2D eigenvalue weighted by molar-refractivity contribution is 6.32. The second-order valence-electron chi connectivity index (χ2n) is 4.33. The number of rotatable bonds is 4. The summed E-state index contributed by atoms with van der Waals surface area (Å²) in [6, 6.07) is 0. The van der Waals surface area contributed by atoms with Gasteiger partial charge in [0.2, 0.25) is 0 Å². The molecule has 0 amide bonds. The zero-order valence-electron chi connectivity index (χ0n) is 9.09. The zero-order valence-corrected chi connectivity index (χ0v) is 9.84. The lowest BCUT2D eigenvalue weighted by molar-refractivity contribution is -0.118. The number of hydrogen-bond donors (Lipinski definition) is 0. The Morgan fingerprint density at radius 2 is 2.27 bits per heavy atom. The first-order chi connectivity index (χ1) is 7.08. The topological polar surface area (TPSA) is 34.9 Å². The van der Waals surface area contributed by atoms with Crippen molar-refractivity contribution in [3.63, 3.8) is 0 Å². The van der Waals surface area contributed by atoms with Gasteiger partial charge < -0.3 is 0 Å². The fourth-order valence-corrected chi connectivity index (χ4v) is 2.00. The van der Waals surface area contributed by atoms with Crippen LogP contribution in [0, 0.1) is 12.8 Å². The average Bonchev–Trinajstić information content (AvgIpc) is 2.92. The van der Waals surface area contributed by atoms with Gasteiger partial charge in [0, 0.05) is 19.9 Å². The van der Waals surface area contributed by atoms with E-state index in [4.69, 9.17) is 11.6 Å². The molecule has 0 N–H and O–H groups in total. The first-order valence-electron chi connectivity index (χ1n) is 5.27. The third-order valence-corrected chi connectivity index (χ3v) is 3.33. The van der Waals surface area contributed by atoms with Crippen molar-refractivity contribution in [3.05, 3.63) is 16.4 Å². The predicted octanol–water partition coefficient (Wildman–Crippen LogP) is 2.29. The number of aromatic nitrogens is 2. The molecule has 15 heavy (non-hydrogen) atoms. The molecule has 2 rings (SSSR count). The second-order valence-corrected chi connectivity index (χ2v) is 4.71. The molecule has 1 aromatic heterocycles. The molecule has 0 aromatic carbocycles. The van der Waals surface area contributed by atoms with Crippen LogP contribution in [0.2, 0.25) is 5.02 Å². The molecule has 1 saturated carbocycles. The van der Waals surface area contributed by atoms with Gasteiger partial charge in [-0.3, -0.25) is 9.48 Å². The summed E-state index contributed by atoms with van der Waals surface area (Å²) in [5, 5.41) is 4.83. The fraction of sp³-hybridized carbons (Fsp3) is 0.636. The van der Waals surface area contributed by atoms with Gasteiger partial charge in [0.05, 0.1) is 16.4 Å². The van der Waals surface area contributed by atoms with Crippen LogP contribution in [0.5, 0.6) is 0 Å². The number of ketones is 1. The van der Waals surface area contributed by atoms with Crippen LogP contribution in [-0.2, 0) is 18.3 Å². The van der Waals surface area contributed by atoms with E-state index in [1.165, 1.54) is 12.8 Å². The summed E-state index contributed by atoms with van der Waals surface area (Å²) in [5.74, 6) is 0.924. The molecule has 0 aliphatic heterocycles. The highest BCUT2D eigenvalue weighted by Crippen LogP contribution is 2.33. The van der Waals surface area contributed by atoms with E-state index < -0.39 is 0 Å². The minimum atomic E-state index is 0.280. The third kappa shape index (κ3) is 2.40. The molecule has 0 saturated heterocycles. The Hall–Kier alpha value is -0.830. The Morgan fingerprint density at radius 1 is 1.60 bits per heavy atom. The maximum absolute atomic E-state index is 11.7. The Kier molecular flexibility index (Phi) is 2.83. The normalized spacial score (nSPS) is 15.7. The van der Waals surface area contributed by atoms with Gasteiger partial charge >= 0.3 is 0 Å². The highest BCUT2D eigenvalue weighted by Gasteiger charge is 2.25. The van der Waals surface area contributed by atoms with E-state index in [0.29, 0.717) is 23.8 Å². The van der Waals surface area contributed by atoms with Crippen molar-refractivity contribution in [2.24, 2.45) is 13.0 Å². The first kappa shape index (κ1) is 10.7. The molecule has 1 fully saturated rings. The van der Waals surface area contributed by atoms with Gasteiger partial charge in [-0.25, -0.2) is 0 Å². The van der Waals surface area contributed by atoms with Crippen LogP contribution in [0.4, 0.5) is 0 Å². The third-order valence-electron chi connectivity index (χ3n) is 2.84. The van der Waals surface area contributed by atoms with E-state index >= 15 is 0 Å². The molecule has 0 radical (unpaired) electrons. The van der Waals surface area contributed by atoms with Crippen molar-refractivity contribution in [2.45, 2.75) is 32.6 Å². The number of Topliss-reactive ketones (excluding diaryl/α,β-unsaturated/α-hetero) is 1. The molecule has 1 aromatic rings. The molecule has 1 aliphatic rings. The lowest BCUT2D eigenvalue weighted by Gasteiger charge is -2.01. The van der Waals surface area contributed by atoms with Crippen LogP contribution >= 0.6 is 11.6 Å². The zero-order chi connectivity index (χ0) is 11.0. The largest absolute Gasteiger partial charge is 0.299 e. The predicted molar refractivity (Wildman–Crippen MR) is 59.0 cm³/mol. The molecule has 0 spiro atoms. The molecule has 0 bridgehead atoms. The summed E-state index contributed by atoms with van der Waals surface area (Å²) in [7, 11) is 1.83. The van der Waals surface area contributed by atoms with Gasteiger partial charge in [0.25, 0.3) is 0 Å². The SMILES string of the molecule is Cc1nn(C)c(CC(=O)CC2CC2)c1Cl. The van der Waals surface area contributed by atoms with Crippen LogP contribution in [0.25, 0.3) is 0 Å². The lowest BCUT2D eigenvalue weighted by atomic mass is 10.1. The van der Waals surface area contributed by atoms with E-state index in [1.807, 2.05) is 14.0 Å². The highest BCUT2D eigenvalue weighted by atomic mass is 35.5. The molecular weight excluding hydrogens is 212 g/mol. The van der Waals surface area contributed by atoms with Gasteiger partial charge in [-0.15, -0.1) is 0 Å². The summed E-state index contributed by atoms with van der Waals surface area (Å²) in [5.41, 5.74) is 1.65. The second kappa shape index (κ2) is 3.97. The van der Waals surface area contributed by atoms with Crippen LogP contribution in [0.3, 0.4) is 0 Å². The van der Waals surface area contributed by atoms with Crippen molar-refractivity contribution < 1.29 is 4.79 Å². The summed E-state index contributed by atoms with van der Waals surface area (Å²) < 4.78 is 1.71. The molecule has 1 aliphatic carbocycles. The van der Waals surface area contributed by atoms with Crippen LogP contribution in [0.15, 0.2) is 0 Å². The minimum absolute atomic E-state index is 0.280. The van der Waals surface area contributed by atoms with E-state index in [0.717, 1.165) is 11.4 Å². The molecule has 3 nitrogen and oxygen atoms in total. The van der Waals surface area contributed by atoms with Crippen LogP contribution < -0.4 is 0 Å². The fourth-order valence-electron chi connectivity index (χ4n) is 1.78. The van der Waals surface area contributed by atoms with Gasteiger partial charge in [-0.05, 0) is 25.7 Å². The molecule has 0 atom stereocenters. The molecule has 0 unspecified atom stereocenters. The molecule has 82 valence electrons. The van der Waals surface area contributed by atoms with Crippen molar-refractivity contribution in [2.75, 3.05) is 0 Å². The molecular formula is C11H15ClN2O. The Bertz CT molecular complexity index is 394. The average molecular weight is 227 g/mol. The van der Waals surface area contributed by atoms with Gasteiger partial charge in [-0.1, -0.05) is 11.6 Å². The van der Waals surface area contributed by atoms with E-state index in [9.17, 15) is 4.79 Å². The summed E-state index contributed by atoms with van der Waals surface area (Å²) in [6.07, 6.45) is 3.56. The minimum Gasteiger partial charge on any atom is -0.299 e. The Balaban J connectivity index is 2.05. The quantitative estimate of drug-likeness (QED) is 0.790. The number of carbonyl (C=O) groups excluding carboxylic acids is 1. The Morgan fingerprint density at radius 3 is 2.73 bits per heavy atom. The monoisotopic (exact) mass is 226 g/mol. The summed E-state index contributed by atoms with van der Waals surface area (Å²) in [6.45, 7) is 1.86. The van der Waals surface area contributed by atoms with Gasteiger partial charge in [-0.2, -0.15) is 5.10 Å². The number of halogens is 1. The molecule has 4 heteroatoms. The van der Waals surface area contributed by atoms with Crippen molar-refractivity contribution >= 4 is 17.4 Å². The Labute approximate surface area is 94.4 Å². The number of hydrogen-bond acceptors (Lipinski definition) is 2. The molecule has 1 heterocycles. The van der Waals surface area contributed by atoms with Crippen LogP contribution in [-0.4, -0.2) is 15.6 Å². The maximum atomic E-state index is 11.7. The summed E-state index contributed by atoms with van der Waals surface area (Å²) >= 11 is 6.07. The van der Waals surface area contributed by atoms with E-state index in [1.54, 1.807) is 4.68 Å². The number of aryl methyl sites for hydroxylation is 2. The van der Waals surface area contributed by atoms with Gasteiger partial charge in [0.15, 0.2) is 0 Å². The maximum Gasteiger partial charge on any atom is 0.139 e. The lowest BCUT2D eigenvalue weighted by Crippen LogP contribution is -2.08. The summed E-state index contributed by atoms with van der Waals surface area (Å²) in [4.78, 5) is 11.7. The van der Waals surface area contributed by atoms with Crippen molar-refractivity contribution in [3.8, 4) is 0 Å². The van der Waals surface area contributed by atoms with Crippen LogP contribution in [0.1, 0.15) is 30.7 Å². The first-order valence-corrected chi connectivity index (χ1v) is 5.65. The van der Waals surface area contributed by atoms with E-state index in [-0.39, 0.29) is 5.78 Å². The van der Waals surface area contributed by atoms with Crippen molar-refractivity contribution in [1.82, 2.24) is 9.78 Å². The number of nitrogens with zero attached hydrogens (tertiary/aromatic N) is 2. The van der Waals surface area contributed by atoms with Crippen molar-refractivity contribution in [1.29, 1.82) is 0 Å². The van der Waals surface area contributed by atoms with E-state index in [2.05, 4.69) is 5.10 Å². The number of carbonyl (C=O) groups is 1. The standard InChI is InChI=1S/C11H15ClN2O/c1-7-11(12)10(14(2)13-7)6-9(15)5-8-3-4-8/h8H,3-6H2,1-2H3.